The maximum Gasteiger partial charge on any atom is 0.173 e. The second kappa shape index (κ2) is 3.51. The van der Waals surface area contributed by atoms with Crippen LogP contribution in [0.2, 0.25) is 0 Å². The third kappa shape index (κ3) is 3.69. The van der Waals surface area contributed by atoms with E-state index in [0.717, 1.165) is 25.7 Å². The Hall–Kier alpha value is -0.130. The maximum absolute atomic E-state index is 8.76. The van der Waals surface area contributed by atoms with Gasteiger partial charge in [-0.15, -0.1) is 0 Å². The Morgan fingerprint density at radius 2 is 1.73 bits per heavy atom. The second-order valence-electron chi connectivity index (χ2n) is 2.88. The molecule has 1 rings (SSSR count). The number of nitrogens with one attached hydrogen (secondary N) is 2. The van der Waals surface area contributed by atoms with Gasteiger partial charge in [0.25, 0.3) is 0 Å². The fraction of sp³-hybridized carbons (Fsp3) is 1.00. The van der Waals surface area contributed by atoms with Crippen molar-refractivity contribution in [3.8, 4) is 0 Å². The molecule has 0 saturated heterocycles. The van der Waals surface area contributed by atoms with Crippen LogP contribution in [0.3, 0.4) is 0 Å². The highest BCUT2D eigenvalue weighted by atomic mass is 32.2. The van der Waals surface area contributed by atoms with Crippen molar-refractivity contribution in [3.05, 3.63) is 0 Å². The lowest BCUT2D eigenvalue weighted by Gasteiger charge is -2.21. The lowest BCUT2D eigenvalue weighted by molar-refractivity contribution is 0.161. The molecule has 5 heteroatoms. The second-order valence-corrected chi connectivity index (χ2v) is 4.13. The summed E-state index contributed by atoms with van der Waals surface area (Å²) < 4.78 is 27.3. The first kappa shape index (κ1) is 8.96. The summed E-state index contributed by atoms with van der Waals surface area (Å²) in [6.45, 7) is 0. The summed E-state index contributed by atoms with van der Waals surface area (Å²) in [5.74, 6) is 0. The Bertz CT molecular complexity index is 207. The zero-order valence-electron chi connectivity index (χ0n) is 6.38. The van der Waals surface area contributed by atoms with Gasteiger partial charge in [-0.25, -0.2) is 9.56 Å². The predicted molar refractivity (Wildman–Crippen MR) is 43.4 cm³/mol. The summed E-state index contributed by atoms with van der Waals surface area (Å²) in [7, 11) is -3.22. The molecular weight excluding hydrogens is 164 g/mol. The molecule has 4 nitrogen and oxygen atoms in total. The highest BCUT2D eigenvalue weighted by molar-refractivity contribution is 7.83. The minimum Gasteiger partial charge on any atom is -0.295 e. The van der Waals surface area contributed by atoms with Crippen LogP contribution in [0.15, 0.2) is 0 Å². The SMILES string of the molecule is N=S(=N)(O)OC1CCCCC1. The topological polar surface area (TPSA) is 77.2 Å². The van der Waals surface area contributed by atoms with E-state index in [2.05, 4.69) is 0 Å². The Morgan fingerprint density at radius 1 is 1.18 bits per heavy atom. The largest absolute Gasteiger partial charge is 0.295 e. The minimum absolute atomic E-state index is 0.0428. The molecule has 11 heavy (non-hydrogen) atoms. The molecule has 0 heterocycles. The number of hydrogen-bond donors (Lipinski definition) is 3. The van der Waals surface area contributed by atoms with Gasteiger partial charge in [-0.1, -0.05) is 19.3 Å². The van der Waals surface area contributed by atoms with E-state index in [9.17, 15) is 0 Å². The summed E-state index contributed by atoms with van der Waals surface area (Å²) in [6, 6.07) is 0. The van der Waals surface area contributed by atoms with Crippen LogP contribution >= 0.6 is 0 Å². The van der Waals surface area contributed by atoms with Crippen molar-refractivity contribution in [3.63, 3.8) is 0 Å². The van der Waals surface area contributed by atoms with Gasteiger partial charge in [0, 0.05) is 0 Å². The van der Waals surface area contributed by atoms with Crippen LogP contribution in [0.25, 0.3) is 0 Å². The average Bonchev–Trinajstić information content (AvgIpc) is 1.85. The summed E-state index contributed by atoms with van der Waals surface area (Å²) in [5.41, 5.74) is 0. The van der Waals surface area contributed by atoms with Gasteiger partial charge >= 0.3 is 0 Å². The van der Waals surface area contributed by atoms with Crippen molar-refractivity contribution in [2.24, 2.45) is 0 Å². The van der Waals surface area contributed by atoms with Gasteiger partial charge in [-0.3, -0.25) is 8.74 Å². The standard InChI is InChI=1S/C6H14N2O2S/c7-11(8,9)10-6-4-2-1-3-5-6/h6H,1-5H2,(H3,7,8,9). The molecule has 0 amide bonds. The molecule has 3 N–H and O–H groups in total. The fourth-order valence-electron chi connectivity index (χ4n) is 1.36. The molecule has 0 spiro atoms. The van der Waals surface area contributed by atoms with E-state index in [1.807, 2.05) is 0 Å². The van der Waals surface area contributed by atoms with Crippen molar-refractivity contribution in [2.75, 3.05) is 0 Å². The normalized spacial score (nSPS) is 21.9. The van der Waals surface area contributed by atoms with Crippen LogP contribution in [-0.4, -0.2) is 10.7 Å². The molecule has 1 aliphatic carbocycles. The fourth-order valence-corrected chi connectivity index (χ4v) is 1.94. The molecule has 0 aromatic heterocycles. The minimum atomic E-state index is -3.22. The monoisotopic (exact) mass is 178 g/mol. The average molecular weight is 178 g/mol. The van der Waals surface area contributed by atoms with Crippen LogP contribution in [0.4, 0.5) is 0 Å². The third-order valence-corrected chi connectivity index (χ3v) is 2.38. The first-order chi connectivity index (χ1) is 5.08. The van der Waals surface area contributed by atoms with Crippen molar-refractivity contribution in [1.29, 1.82) is 9.56 Å². The van der Waals surface area contributed by atoms with E-state index in [4.69, 9.17) is 18.3 Å². The molecule has 0 bridgehead atoms. The zero-order valence-corrected chi connectivity index (χ0v) is 7.19. The Labute approximate surface area is 67.4 Å². The molecule has 66 valence electrons. The van der Waals surface area contributed by atoms with Crippen LogP contribution in [0.5, 0.6) is 0 Å². The molecule has 1 aliphatic rings. The van der Waals surface area contributed by atoms with Crippen molar-refractivity contribution in [1.82, 2.24) is 0 Å². The van der Waals surface area contributed by atoms with Gasteiger partial charge in [0.2, 0.25) is 0 Å². The van der Waals surface area contributed by atoms with Crippen molar-refractivity contribution in [2.45, 2.75) is 38.2 Å². The predicted octanol–water partition coefficient (Wildman–Crippen LogP) is 2.40. The van der Waals surface area contributed by atoms with Gasteiger partial charge in [-0.2, -0.15) is 0 Å². The Kier molecular flexibility index (Phi) is 2.86. The summed E-state index contributed by atoms with van der Waals surface area (Å²) in [5, 5.41) is 0. The van der Waals surface area contributed by atoms with Gasteiger partial charge in [0.05, 0.1) is 6.10 Å². The zero-order chi connectivity index (χ0) is 8.32. The van der Waals surface area contributed by atoms with Crippen molar-refractivity contribution < 1.29 is 8.74 Å². The van der Waals surface area contributed by atoms with Crippen LogP contribution < -0.4 is 0 Å². The van der Waals surface area contributed by atoms with Gasteiger partial charge < -0.3 is 0 Å². The molecule has 1 saturated carbocycles. The lowest BCUT2D eigenvalue weighted by atomic mass is 9.98. The highest BCUT2D eigenvalue weighted by Crippen LogP contribution is 2.21. The number of hydrogen-bond acceptors (Lipinski definition) is 3. The molecule has 0 unspecified atom stereocenters. The first-order valence-corrected chi connectivity index (χ1v) is 5.32. The van der Waals surface area contributed by atoms with E-state index in [1.165, 1.54) is 6.42 Å². The highest BCUT2D eigenvalue weighted by Gasteiger charge is 2.15. The van der Waals surface area contributed by atoms with E-state index >= 15 is 0 Å². The summed E-state index contributed by atoms with van der Waals surface area (Å²) in [4.78, 5) is 0. The Balaban J connectivity index is 2.36. The molecule has 0 radical (unpaired) electrons. The van der Waals surface area contributed by atoms with Gasteiger partial charge in [0.1, 0.15) is 0 Å². The van der Waals surface area contributed by atoms with E-state index in [-0.39, 0.29) is 6.10 Å². The molecule has 0 aromatic carbocycles. The Morgan fingerprint density at radius 3 is 2.18 bits per heavy atom. The number of rotatable bonds is 2. The van der Waals surface area contributed by atoms with Crippen LogP contribution in [0, 0.1) is 9.56 Å². The van der Waals surface area contributed by atoms with Crippen LogP contribution in [0.1, 0.15) is 32.1 Å². The molecule has 0 aromatic rings. The summed E-state index contributed by atoms with van der Waals surface area (Å²) in [6.07, 6.45) is 5.16. The van der Waals surface area contributed by atoms with Gasteiger partial charge in [-0.05, 0) is 12.8 Å². The smallest absolute Gasteiger partial charge is 0.173 e. The third-order valence-electron chi connectivity index (χ3n) is 1.83. The van der Waals surface area contributed by atoms with E-state index in [0.29, 0.717) is 0 Å². The van der Waals surface area contributed by atoms with Crippen molar-refractivity contribution >= 4 is 10.2 Å². The first-order valence-electron chi connectivity index (χ1n) is 3.81. The molecule has 0 aliphatic heterocycles. The van der Waals surface area contributed by atoms with E-state index < -0.39 is 10.2 Å². The van der Waals surface area contributed by atoms with Gasteiger partial charge in [0.15, 0.2) is 10.2 Å². The van der Waals surface area contributed by atoms with Crippen LogP contribution in [-0.2, 0) is 14.4 Å². The lowest BCUT2D eigenvalue weighted by Crippen LogP contribution is -2.19. The molecule has 0 atom stereocenters. The summed E-state index contributed by atoms with van der Waals surface area (Å²) >= 11 is 0. The molecule has 1 fully saturated rings. The quantitative estimate of drug-likeness (QED) is 0.607. The molecular formula is C6H14N2O2S. The maximum atomic E-state index is 8.76. The van der Waals surface area contributed by atoms with E-state index in [1.54, 1.807) is 0 Å².